The van der Waals surface area contributed by atoms with E-state index in [1.165, 1.54) is 0 Å². The van der Waals surface area contributed by atoms with Crippen molar-refractivity contribution in [1.29, 1.82) is 0 Å². The van der Waals surface area contributed by atoms with Crippen LogP contribution in [-0.2, 0) is 28.5 Å². The number of rotatable bonds is 19. The molecule has 0 aliphatic rings. The lowest BCUT2D eigenvalue weighted by Crippen LogP contribution is -2.31. The van der Waals surface area contributed by atoms with Crippen molar-refractivity contribution in [2.45, 2.75) is 50.7 Å². The highest BCUT2D eigenvalue weighted by atomic mass is 16.6. The summed E-state index contributed by atoms with van der Waals surface area (Å²) in [5.41, 5.74) is 1.26. The highest BCUT2D eigenvalue weighted by Crippen LogP contribution is 2.17. The minimum Gasteiger partial charge on any atom is -0.462 e. The van der Waals surface area contributed by atoms with Crippen molar-refractivity contribution < 1.29 is 47.7 Å². The average molecular weight is 679 g/mol. The molecule has 50 heavy (non-hydrogen) atoms. The molecule has 0 aromatic heterocycles. The van der Waals surface area contributed by atoms with Crippen molar-refractivity contribution in [3.8, 4) is 0 Å². The molecule has 0 heterocycles. The molecule has 0 unspecified atom stereocenters. The Hall–Kier alpha value is -5.90. The van der Waals surface area contributed by atoms with Gasteiger partial charge in [-0.1, -0.05) is 72.8 Å². The van der Waals surface area contributed by atoms with E-state index in [0.717, 1.165) is 0 Å². The van der Waals surface area contributed by atoms with E-state index in [2.05, 4.69) is 0 Å². The van der Waals surface area contributed by atoms with Crippen molar-refractivity contribution in [2.24, 2.45) is 0 Å². The third-order valence-corrected chi connectivity index (χ3v) is 7.56. The molecule has 4 aromatic carbocycles. The van der Waals surface area contributed by atoms with Gasteiger partial charge in [-0.05, 0) is 74.2 Å². The predicted octanol–water partition coefficient (Wildman–Crippen LogP) is 6.63. The number of Topliss-reactive ketones (excluding diaryl/α,β-unsaturated/α-hetero) is 2. The number of esters is 4. The van der Waals surface area contributed by atoms with Crippen molar-refractivity contribution >= 4 is 35.4 Å². The molecule has 0 N–H and O–H groups in total. The van der Waals surface area contributed by atoms with Crippen molar-refractivity contribution in [3.05, 3.63) is 144 Å². The lowest BCUT2D eigenvalue weighted by atomic mass is 10.00. The van der Waals surface area contributed by atoms with Crippen LogP contribution in [-0.4, -0.2) is 60.9 Å². The lowest BCUT2D eigenvalue weighted by molar-refractivity contribution is -0.133. The summed E-state index contributed by atoms with van der Waals surface area (Å²) in [6, 6.07) is 33.2. The molecule has 0 bridgehead atoms. The van der Waals surface area contributed by atoms with E-state index >= 15 is 0 Å². The zero-order valence-electron chi connectivity index (χ0n) is 27.4. The number of ether oxygens (including phenoxy) is 4. The second kappa shape index (κ2) is 19.8. The van der Waals surface area contributed by atoms with Crippen LogP contribution in [0.4, 0.5) is 0 Å². The number of ketones is 2. The molecular formula is C40H38O10. The van der Waals surface area contributed by atoms with Crippen molar-refractivity contribution in [2.75, 3.05) is 13.2 Å². The summed E-state index contributed by atoms with van der Waals surface area (Å²) < 4.78 is 21.8. The summed E-state index contributed by atoms with van der Waals surface area (Å²) in [5.74, 6) is -3.49. The van der Waals surface area contributed by atoms with Gasteiger partial charge in [0.05, 0.1) is 35.5 Å². The average Bonchev–Trinajstić information content (AvgIpc) is 3.17. The summed E-state index contributed by atoms with van der Waals surface area (Å²) in [6.45, 7) is -0.0443. The molecule has 0 saturated heterocycles. The molecule has 0 aliphatic heterocycles. The maximum Gasteiger partial charge on any atom is 0.338 e. The molecule has 4 rings (SSSR count). The molecule has 10 nitrogen and oxygen atoms in total. The molecule has 0 amide bonds. The molecule has 258 valence electrons. The molecule has 0 fully saturated rings. The lowest BCUT2D eigenvalue weighted by Gasteiger charge is -2.19. The summed E-state index contributed by atoms with van der Waals surface area (Å²) in [5, 5.41) is 0. The third kappa shape index (κ3) is 12.0. The Morgan fingerprint density at radius 3 is 0.980 bits per heavy atom. The van der Waals surface area contributed by atoms with Crippen LogP contribution in [0.15, 0.2) is 121 Å². The second-order valence-corrected chi connectivity index (χ2v) is 11.2. The van der Waals surface area contributed by atoms with E-state index in [-0.39, 0.29) is 62.9 Å². The number of benzene rings is 4. The monoisotopic (exact) mass is 678 g/mol. The SMILES string of the molecule is O=C(OCCC[C@H](OC(=O)c1ccccc1)C(=O)CCC(=O)[C@@H](CCCOC(=O)c1ccccc1)OC(=O)c1ccccc1)c1ccccc1. The molecule has 0 spiro atoms. The molecule has 0 radical (unpaired) electrons. The van der Waals surface area contributed by atoms with Crippen LogP contribution < -0.4 is 0 Å². The maximum atomic E-state index is 13.4. The van der Waals surface area contributed by atoms with Gasteiger partial charge in [0, 0.05) is 12.8 Å². The fraction of sp³-hybridized carbons (Fsp3) is 0.250. The van der Waals surface area contributed by atoms with Gasteiger partial charge in [0.1, 0.15) is 0 Å². The van der Waals surface area contributed by atoms with E-state index < -0.39 is 47.7 Å². The molecule has 0 aliphatic carbocycles. The van der Waals surface area contributed by atoms with Gasteiger partial charge in [-0.3, -0.25) is 9.59 Å². The Bertz CT molecular complexity index is 1580. The first-order valence-electron chi connectivity index (χ1n) is 16.3. The Balaban J connectivity index is 1.36. The Labute approximate surface area is 290 Å². The Morgan fingerprint density at radius 1 is 0.400 bits per heavy atom. The largest absolute Gasteiger partial charge is 0.462 e. The molecule has 0 saturated carbocycles. The third-order valence-electron chi connectivity index (χ3n) is 7.56. The van der Waals surface area contributed by atoms with E-state index in [1.54, 1.807) is 121 Å². The van der Waals surface area contributed by atoms with Crippen LogP contribution in [0.1, 0.15) is 80.0 Å². The fourth-order valence-electron chi connectivity index (χ4n) is 4.86. The van der Waals surface area contributed by atoms with E-state index in [1.807, 2.05) is 0 Å². The van der Waals surface area contributed by atoms with Gasteiger partial charge >= 0.3 is 23.9 Å². The van der Waals surface area contributed by atoms with Crippen LogP contribution in [0.25, 0.3) is 0 Å². The Morgan fingerprint density at radius 2 is 0.680 bits per heavy atom. The minimum absolute atomic E-state index is 0.0221. The zero-order valence-corrected chi connectivity index (χ0v) is 27.4. The van der Waals surface area contributed by atoms with Gasteiger partial charge in [-0.2, -0.15) is 0 Å². The summed E-state index contributed by atoms with van der Waals surface area (Å²) >= 11 is 0. The Kier molecular flexibility index (Phi) is 14.6. The highest BCUT2D eigenvalue weighted by Gasteiger charge is 2.28. The number of hydrogen-bond acceptors (Lipinski definition) is 10. The smallest absolute Gasteiger partial charge is 0.338 e. The van der Waals surface area contributed by atoms with Crippen LogP contribution in [0.3, 0.4) is 0 Å². The first-order chi connectivity index (χ1) is 24.3. The highest BCUT2D eigenvalue weighted by molar-refractivity contribution is 5.96. The van der Waals surface area contributed by atoms with Crippen LogP contribution in [0.5, 0.6) is 0 Å². The normalized spacial score (nSPS) is 11.8. The maximum absolute atomic E-state index is 13.4. The fourth-order valence-corrected chi connectivity index (χ4v) is 4.86. The van der Waals surface area contributed by atoms with Gasteiger partial charge < -0.3 is 18.9 Å². The molecule has 10 heteroatoms. The quantitative estimate of drug-likeness (QED) is 0.0603. The zero-order chi connectivity index (χ0) is 35.6. The topological polar surface area (TPSA) is 139 Å². The van der Waals surface area contributed by atoms with Crippen molar-refractivity contribution in [1.82, 2.24) is 0 Å². The van der Waals surface area contributed by atoms with Gasteiger partial charge in [0.25, 0.3) is 0 Å². The van der Waals surface area contributed by atoms with E-state index in [4.69, 9.17) is 18.9 Å². The predicted molar refractivity (Wildman–Crippen MR) is 182 cm³/mol. The van der Waals surface area contributed by atoms with Gasteiger partial charge in [0.15, 0.2) is 23.8 Å². The van der Waals surface area contributed by atoms with E-state index in [9.17, 15) is 28.8 Å². The first-order valence-corrected chi connectivity index (χ1v) is 16.3. The van der Waals surface area contributed by atoms with Crippen LogP contribution in [0.2, 0.25) is 0 Å². The summed E-state index contributed by atoms with van der Waals surface area (Å²) in [4.78, 5) is 77.1. The van der Waals surface area contributed by atoms with Gasteiger partial charge in [-0.15, -0.1) is 0 Å². The van der Waals surface area contributed by atoms with Crippen LogP contribution in [0, 0.1) is 0 Å². The van der Waals surface area contributed by atoms with Crippen LogP contribution >= 0.6 is 0 Å². The van der Waals surface area contributed by atoms with Gasteiger partial charge in [-0.25, -0.2) is 19.2 Å². The van der Waals surface area contributed by atoms with Gasteiger partial charge in [0.2, 0.25) is 0 Å². The number of carbonyl (C=O) groups is 6. The number of carbonyl (C=O) groups excluding carboxylic acids is 6. The molecule has 4 aromatic rings. The van der Waals surface area contributed by atoms with Crippen molar-refractivity contribution in [3.63, 3.8) is 0 Å². The number of hydrogen-bond donors (Lipinski definition) is 0. The standard InChI is InChI=1S/C40H38O10/c41-33(35(49-39(45)31-19-9-3-10-20-31)23-13-27-47-37(43)29-15-5-1-6-16-29)25-26-34(42)36(50-40(46)32-21-11-4-12-22-32)24-14-28-48-38(44)30-17-7-2-8-18-30/h1-12,15-22,35-36H,13-14,23-28H2/t35-,36+. The summed E-state index contributed by atoms with van der Waals surface area (Å²) in [6.07, 6.45) is -2.49. The second-order valence-electron chi connectivity index (χ2n) is 11.2. The summed E-state index contributed by atoms with van der Waals surface area (Å²) in [7, 11) is 0. The minimum atomic E-state index is -1.21. The molecular weight excluding hydrogens is 640 g/mol. The first kappa shape index (κ1) is 36.9. The molecule has 2 atom stereocenters. The van der Waals surface area contributed by atoms with E-state index in [0.29, 0.717) is 11.1 Å².